The molecule has 160 valence electrons. The van der Waals surface area contributed by atoms with Crippen LogP contribution in [0, 0.1) is 11.6 Å². The van der Waals surface area contributed by atoms with Crippen molar-refractivity contribution >= 4 is 17.7 Å². The molecule has 0 spiro atoms. The fourth-order valence-corrected chi connectivity index (χ4v) is 3.30. The molecular weight excluding hydrogens is 390 g/mol. The quantitative estimate of drug-likeness (QED) is 0.362. The van der Waals surface area contributed by atoms with Crippen LogP contribution in [0.3, 0.4) is 0 Å². The lowest BCUT2D eigenvalue weighted by Gasteiger charge is -2.20. The van der Waals surface area contributed by atoms with Crippen LogP contribution in [-0.4, -0.2) is 56.1 Å². The number of aliphatic imine (C=N–C) groups is 1. The first-order chi connectivity index (χ1) is 14.5. The van der Waals surface area contributed by atoms with Crippen LogP contribution in [-0.2, 0) is 11.2 Å². The van der Waals surface area contributed by atoms with Crippen LogP contribution in [0.5, 0.6) is 0 Å². The first kappa shape index (κ1) is 21.5. The molecule has 0 aliphatic carbocycles. The van der Waals surface area contributed by atoms with Crippen molar-refractivity contribution in [2.45, 2.75) is 18.9 Å². The van der Waals surface area contributed by atoms with Gasteiger partial charge in [0, 0.05) is 45.5 Å². The number of rotatable bonds is 7. The van der Waals surface area contributed by atoms with Gasteiger partial charge in [-0.25, -0.2) is 13.8 Å². The Kier molecular flexibility index (Phi) is 7.53. The van der Waals surface area contributed by atoms with Crippen molar-refractivity contribution < 1.29 is 13.6 Å². The Labute approximate surface area is 174 Å². The molecule has 2 aromatic rings. The van der Waals surface area contributed by atoms with Gasteiger partial charge in [0.25, 0.3) is 0 Å². The number of benzene rings is 1. The predicted octanol–water partition coefficient (Wildman–Crippen LogP) is 1.46. The van der Waals surface area contributed by atoms with Gasteiger partial charge in [-0.3, -0.25) is 9.79 Å². The maximum atomic E-state index is 13.9. The maximum Gasteiger partial charge on any atom is 0.224 e. The van der Waals surface area contributed by atoms with Gasteiger partial charge in [0.05, 0.1) is 6.42 Å². The van der Waals surface area contributed by atoms with Crippen LogP contribution in [0.1, 0.15) is 12.0 Å². The van der Waals surface area contributed by atoms with Crippen LogP contribution >= 0.6 is 0 Å². The Morgan fingerprint density at radius 3 is 2.70 bits per heavy atom. The molecule has 30 heavy (non-hydrogen) atoms. The SMILES string of the molecule is CN=C(NCCNC(=O)Cc1ccc(F)cc1)NC1CCN(c2ncccc2F)C1. The number of anilines is 1. The fraction of sp³-hybridized carbons (Fsp3) is 0.381. The van der Waals surface area contributed by atoms with Gasteiger partial charge in [0.2, 0.25) is 5.91 Å². The lowest BCUT2D eigenvalue weighted by molar-refractivity contribution is -0.120. The number of nitrogens with one attached hydrogen (secondary N) is 3. The molecule has 1 atom stereocenters. The van der Waals surface area contributed by atoms with Crippen molar-refractivity contribution in [2.75, 3.05) is 38.1 Å². The van der Waals surface area contributed by atoms with Gasteiger partial charge >= 0.3 is 0 Å². The van der Waals surface area contributed by atoms with E-state index in [2.05, 4.69) is 25.9 Å². The second-order valence-corrected chi connectivity index (χ2v) is 7.04. The zero-order valence-corrected chi connectivity index (χ0v) is 16.9. The van der Waals surface area contributed by atoms with Crippen molar-refractivity contribution in [3.8, 4) is 0 Å². The van der Waals surface area contributed by atoms with Gasteiger partial charge in [-0.15, -0.1) is 0 Å². The first-order valence-corrected chi connectivity index (χ1v) is 9.89. The number of guanidine groups is 1. The third-order valence-corrected chi connectivity index (χ3v) is 4.81. The van der Waals surface area contributed by atoms with Crippen molar-refractivity contribution in [1.29, 1.82) is 0 Å². The van der Waals surface area contributed by atoms with E-state index in [1.807, 2.05) is 4.90 Å². The summed E-state index contributed by atoms with van der Waals surface area (Å²) in [6, 6.07) is 8.98. The Hall–Kier alpha value is -3.23. The molecule has 1 aliphatic rings. The van der Waals surface area contributed by atoms with Gasteiger partial charge in [-0.05, 0) is 36.2 Å². The molecule has 0 radical (unpaired) electrons. The van der Waals surface area contributed by atoms with Gasteiger partial charge in [0.1, 0.15) is 5.82 Å². The molecule has 1 aliphatic heterocycles. The minimum absolute atomic E-state index is 0.116. The number of hydrogen-bond donors (Lipinski definition) is 3. The molecule has 1 saturated heterocycles. The van der Waals surface area contributed by atoms with E-state index in [4.69, 9.17) is 0 Å². The summed E-state index contributed by atoms with van der Waals surface area (Å²) < 4.78 is 26.8. The molecule has 0 bridgehead atoms. The largest absolute Gasteiger partial charge is 0.355 e. The van der Waals surface area contributed by atoms with E-state index < -0.39 is 0 Å². The number of carbonyl (C=O) groups is 1. The summed E-state index contributed by atoms with van der Waals surface area (Å²) in [4.78, 5) is 22.2. The number of nitrogens with zero attached hydrogens (tertiary/aromatic N) is 3. The first-order valence-electron chi connectivity index (χ1n) is 9.89. The van der Waals surface area contributed by atoms with E-state index in [0.717, 1.165) is 12.0 Å². The Morgan fingerprint density at radius 1 is 1.20 bits per heavy atom. The van der Waals surface area contributed by atoms with Crippen molar-refractivity contribution in [3.63, 3.8) is 0 Å². The molecule has 2 heterocycles. The highest BCUT2D eigenvalue weighted by Gasteiger charge is 2.25. The van der Waals surface area contributed by atoms with E-state index >= 15 is 0 Å². The second-order valence-electron chi connectivity index (χ2n) is 7.04. The number of aromatic nitrogens is 1. The van der Waals surface area contributed by atoms with Crippen molar-refractivity contribution in [3.05, 3.63) is 59.8 Å². The average Bonchev–Trinajstić information content (AvgIpc) is 3.20. The van der Waals surface area contributed by atoms with Gasteiger partial charge in [-0.2, -0.15) is 0 Å². The summed E-state index contributed by atoms with van der Waals surface area (Å²) in [5.74, 6) is 0.217. The van der Waals surface area contributed by atoms with Crippen molar-refractivity contribution in [1.82, 2.24) is 20.9 Å². The number of amides is 1. The molecule has 3 rings (SSSR count). The van der Waals surface area contributed by atoms with Crippen LogP contribution in [0.15, 0.2) is 47.6 Å². The third kappa shape index (κ3) is 6.13. The number of pyridine rings is 1. The fourth-order valence-electron chi connectivity index (χ4n) is 3.30. The number of halogens is 2. The van der Waals surface area contributed by atoms with E-state index in [9.17, 15) is 13.6 Å². The molecule has 1 aromatic carbocycles. The molecule has 7 nitrogen and oxygen atoms in total. The highest BCUT2D eigenvalue weighted by molar-refractivity contribution is 5.80. The van der Waals surface area contributed by atoms with Crippen LogP contribution < -0.4 is 20.9 Å². The zero-order chi connectivity index (χ0) is 21.3. The van der Waals surface area contributed by atoms with Gasteiger partial charge < -0.3 is 20.9 Å². The predicted molar refractivity (Wildman–Crippen MR) is 112 cm³/mol. The highest BCUT2D eigenvalue weighted by atomic mass is 19.1. The topological polar surface area (TPSA) is 81.6 Å². The monoisotopic (exact) mass is 416 g/mol. The number of carbonyl (C=O) groups excluding carboxylic acids is 1. The summed E-state index contributed by atoms with van der Waals surface area (Å²) in [6.45, 7) is 2.27. The van der Waals surface area contributed by atoms with Gasteiger partial charge in [-0.1, -0.05) is 12.1 Å². The average molecular weight is 416 g/mol. The Balaban J connectivity index is 1.36. The Morgan fingerprint density at radius 2 is 1.97 bits per heavy atom. The van der Waals surface area contributed by atoms with Crippen LogP contribution in [0.4, 0.5) is 14.6 Å². The van der Waals surface area contributed by atoms with Gasteiger partial charge in [0.15, 0.2) is 17.6 Å². The number of hydrogen-bond acceptors (Lipinski definition) is 4. The smallest absolute Gasteiger partial charge is 0.224 e. The second kappa shape index (κ2) is 10.5. The third-order valence-electron chi connectivity index (χ3n) is 4.81. The van der Waals surface area contributed by atoms with Crippen molar-refractivity contribution in [2.24, 2.45) is 4.99 Å². The lowest BCUT2D eigenvalue weighted by atomic mass is 10.1. The van der Waals surface area contributed by atoms with E-state index in [0.29, 0.717) is 38.0 Å². The minimum Gasteiger partial charge on any atom is -0.355 e. The molecule has 3 N–H and O–H groups in total. The highest BCUT2D eigenvalue weighted by Crippen LogP contribution is 2.20. The summed E-state index contributed by atoms with van der Waals surface area (Å²) in [6.07, 6.45) is 2.63. The standard InChI is InChI=1S/C21H26F2N6O/c1-24-21(27-11-10-25-19(30)13-15-4-6-16(22)7-5-15)28-17-8-12-29(14-17)20-18(23)3-2-9-26-20/h2-7,9,17H,8,10-14H2,1H3,(H,25,30)(H2,24,27,28). The maximum absolute atomic E-state index is 13.9. The minimum atomic E-state index is -0.322. The molecular formula is C21H26F2N6O. The lowest BCUT2D eigenvalue weighted by Crippen LogP contribution is -2.46. The zero-order valence-electron chi connectivity index (χ0n) is 16.9. The molecule has 1 amide bonds. The normalized spacial score (nSPS) is 16.4. The molecule has 1 aromatic heterocycles. The van der Waals surface area contributed by atoms with Crippen LogP contribution in [0.25, 0.3) is 0 Å². The summed E-state index contributed by atoms with van der Waals surface area (Å²) in [7, 11) is 1.67. The molecule has 0 saturated carbocycles. The van der Waals surface area contributed by atoms with E-state index in [1.165, 1.54) is 18.2 Å². The molecule has 1 unspecified atom stereocenters. The molecule has 9 heteroatoms. The summed E-state index contributed by atoms with van der Waals surface area (Å²) in [5.41, 5.74) is 0.759. The Bertz CT molecular complexity index is 874. The van der Waals surface area contributed by atoms with E-state index in [-0.39, 0.29) is 30.0 Å². The van der Waals surface area contributed by atoms with E-state index in [1.54, 1.807) is 31.4 Å². The summed E-state index contributed by atoms with van der Waals surface area (Å²) in [5, 5.41) is 9.29. The summed E-state index contributed by atoms with van der Waals surface area (Å²) >= 11 is 0. The van der Waals surface area contributed by atoms with Crippen LogP contribution in [0.2, 0.25) is 0 Å². The molecule has 1 fully saturated rings.